The van der Waals surface area contributed by atoms with Crippen LogP contribution in [-0.2, 0) is 0 Å². The van der Waals surface area contributed by atoms with Gasteiger partial charge in [0, 0.05) is 0 Å². The average Bonchev–Trinajstić information content (AvgIpc) is 2.27. The average molecular weight is 238 g/mol. The Hall–Kier alpha value is -2.01. The summed E-state index contributed by atoms with van der Waals surface area (Å²) in [5.41, 5.74) is 0.135. The molecular formula is C10H8ClN3O2. The van der Waals surface area contributed by atoms with Crippen LogP contribution in [0.1, 0.15) is 5.56 Å². The summed E-state index contributed by atoms with van der Waals surface area (Å²) in [5, 5.41) is 9.99. The number of phenols is 1. The molecule has 0 aliphatic carbocycles. The lowest BCUT2D eigenvalue weighted by Gasteiger charge is -2.06. The molecule has 0 atom stereocenters. The van der Waals surface area contributed by atoms with E-state index in [9.17, 15) is 9.90 Å². The summed E-state index contributed by atoms with van der Waals surface area (Å²) in [6, 6.07) is 1.44. The van der Waals surface area contributed by atoms with Crippen molar-refractivity contribution >= 4 is 28.6 Å². The van der Waals surface area contributed by atoms with Crippen LogP contribution in [0.15, 0.2) is 23.8 Å². The number of phenolic OH excluding ortho intramolecular Hbond substituents is 1. The van der Waals surface area contributed by atoms with Crippen LogP contribution in [0.4, 0.5) is 0 Å². The van der Waals surface area contributed by atoms with E-state index in [4.69, 9.17) is 17.4 Å². The van der Waals surface area contributed by atoms with E-state index in [0.717, 1.165) is 11.0 Å². The third-order valence-electron chi connectivity index (χ3n) is 2.24. The van der Waals surface area contributed by atoms with Gasteiger partial charge in [-0.25, -0.2) is 9.66 Å². The third kappa shape index (κ3) is 1.33. The van der Waals surface area contributed by atoms with Gasteiger partial charge in [0.25, 0.3) is 5.56 Å². The van der Waals surface area contributed by atoms with Gasteiger partial charge in [-0.3, -0.25) is 4.79 Å². The second-order valence-corrected chi connectivity index (χ2v) is 3.59. The number of halogens is 1. The zero-order valence-electron chi connectivity index (χ0n) is 8.14. The zero-order chi connectivity index (χ0) is 11.9. The van der Waals surface area contributed by atoms with Gasteiger partial charge in [0.15, 0.2) is 5.75 Å². The van der Waals surface area contributed by atoms with E-state index < -0.39 is 5.56 Å². The minimum Gasteiger partial charge on any atom is -0.504 e. The monoisotopic (exact) mass is 237 g/mol. The number of hydrogen-bond donors (Lipinski definition) is 2. The zero-order valence-corrected chi connectivity index (χ0v) is 8.90. The van der Waals surface area contributed by atoms with Crippen LogP contribution in [0.25, 0.3) is 17.0 Å². The highest BCUT2D eigenvalue weighted by molar-refractivity contribution is 6.33. The third-order valence-corrected chi connectivity index (χ3v) is 2.53. The second-order valence-electron chi connectivity index (χ2n) is 3.18. The number of nitrogen functional groups attached to an aromatic ring is 1. The molecule has 3 N–H and O–H groups in total. The van der Waals surface area contributed by atoms with Gasteiger partial charge >= 0.3 is 0 Å². The van der Waals surface area contributed by atoms with Gasteiger partial charge in [0.1, 0.15) is 11.8 Å². The molecular weight excluding hydrogens is 230 g/mol. The molecule has 82 valence electrons. The number of nitrogens with two attached hydrogens (primary N) is 1. The molecule has 16 heavy (non-hydrogen) atoms. The van der Waals surface area contributed by atoms with Gasteiger partial charge < -0.3 is 10.9 Å². The van der Waals surface area contributed by atoms with Crippen molar-refractivity contribution in [3.8, 4) is 5.75 Å². The van der Waals surface area contributed by atoms with Crippen molar-refractivity contribution in [1.29, 1.82) is 0 Å². The molecule has 0 radical (unpaired) electrons. The summed E-state index contributed by atoms with van der Waals surface area (Å²) in [7, 11) is 0. The first-order valence-electron chi connectivity index (χ1n) is 4.36. The van der Waals surface area contributed by atoms with Crippen LogP contribution in [-0.4, -0.2) is 14.8 Å². The topological polar surface area (TPSA) is 81.1 Å². The SMILES string of the molecule is C=Cc1cc(Cl)c(O)c2ncn(N)c(=O)c12. The summed E-state index contributed by atoms with van der Waals surface area (Å²) >= 11 is 5.79. The molecule has 0 spiro atoms. The van der Waals surface area contributed by atoms with Crippen molar-refractivity contribution in [3.63, 3.8) is 0 Å². The van der Waals surface area contributed by atoms with Crippen molar-refractivity contribution in [2.75, 3.05) is 5.84 Å². The smallest absolute Gasteiger partial charge is 0.280 e. The fraction of sp³-hybridized carbons (Fsp3) is 0. The first-order chi connectivity index (χ1) is 7.56. The quantitative estimate of drug-likeness (QED) is 0.728. The Morgan fingerprint density at radius 2 is 2.31 bits per heavy atom. The number of nitrogens with zero attached hydrogens (tertiary/aromatic N) is 2. The molecule has 1 aromatic carbocycles. The van der Waals surface area contributed by atoms with E-state index in [2.05, 4.69) is 11.6 Å². The van der Waals surface area contributed by atoms with E-state index in [0.29, 0.717) is 5.56 Å². The summed E-state index contributed by atoms with van der Waals surface area (Å²) in [4.78, 5) is 15.6. The highest BCUT2D eigenvalue weighted by Crippen LogP contribution is 2.32. The van der Waals surface area contributed by atoms with Crippen LogP contribution >= 0.6 is 11.6 Å². The van der Waals surface area contributed by atoms with E-state index in [1.54, 1.807) is 0 Å². The largest absolute Gasteiger partial charge is 0.504 e. The highest BCUT2D eigenvalue weighted by Gasteiger charge is 2.13. The fourth-order valence-corrected chi connectivity index (χ4v) is 1.67. The minimum atomic E-state index is -0.466. The Morgan fingerprint density at radius 3 is 2.94 bits per heavy atom. The predicted molar refractivity (Wildman–Crippen MR) is 62.9 cm³/mol. The summed E-state index contributed by atoms with van der Waals surface area (Å²) in [5.74, 6) is 5.15. The van der Waals surface area contributed by atoms with E-state index in [-0.39, 0.29) is 21.7 Å². The number of hydrogen-bond acceptors (Lipinski definition) is 4. The van der Waals surface area contributed by atoms with E-state index in [1.165, 1.54) is 12.1 Å². The molecule has 0 aliphatic rings. The number of fused-ring (bicyclic) bond motifs is 1. The summed E-state index contributed by atoms with van der Waals surface area (Å²) in [6.45, 7) is 3.57. The number of aromatic hydroxyl groups is 1. The summed E-state index contributed by atoms with van der Waals surface area (Å²) in [6.07, 6.45) is 2.57. The lowest BCUT2D eigenvalue weighted by molar-refractivity contribution is 0.480. The maximum Gasteiger partial charge on any atom is 0.280 e. The van der Waals surface area contributed by atoms with Crippen LogP contribution in [0, 0.1) is 0 Å². The molecule has 0 saturated heterocycles. The predicted octanol–water partition coefficient (Wildman–Crippen LogP) is 1.11. The number of benzene rings is 1. The molecule has 1 heterocycles. The number of aromatic nitrogens is 2. The lowest BCUT2D eigenvalue weighted by Crippen LogP contribution is -2.27. The first kappa shape index (κ1) is 10.5. The Kier molecular flexibility index (Phi) is 2.32. The Labute approximate surface area is 95.4 Å². The van der Waals surface area contributed by atoms with Gasteiger partial charge in [-0.15, -0.1) is 0 Å². The maximum atomic E-state index is 11.8. The van der Waals surface area contributed by atoms with Crippen LogP contribution in [0.3, 0.4) is 0 Å². The maximum absolute atomic E-state index is 11.8. The standard InChI is InChI=1S/C10H8ClN3O2/c1-2-5-3-6(11)9(15)8-7(5)10(16)14(12)4-13-8/h2-4,15H,1,12H2. The molecule has 2 aromatic rings. The molecule has 0 unspecified atom stereocenters. The molecule has 0 fully saturated rings. The fourth-order valence-electron chi connectivity index (χ4n) is 1.46. The molecule has 5 nitrogen and oxygen atoms in total. The molecule has 0 amide bonds. The molecule has 0 saturated carbocycles. The van der Waals surface area contributed by atoms with Crippen molar-refractivity contribution in [3.05, 3.63) is 39.9 Å². The molecule has 2 rings (SSSR count). The Morgan fingerprint density at radius 1 is 1.62 bits per heavy atom. The van der Waals surface area contributed by atoms with Crippen molar-refractivity contribution in [2.45, 2.75) is 0 Å². The van der Waals surface area contributed by atoms with Gasteiger partial charge in [-0.2, -0.15) is 0 Å². The molecule has 1 aromatic heterocycles. The molecule has 6 heteroatoms. The summed E-state index contributed by atoms with van der Waals surface area (Å²) < 4.78 is 0.836. The van der Waals surface area contributed by atoms with Crippen molar-refractivity contribution in [1.82, 2.24) is 9.66 Å². The van der Waals surface area contributed by atoms with Crippen molar-refractivity contribution < 1.29 is 5.11 Å². The number of rotatable bonds is 1. The van der Waals surface area contributed by atoms with Gasteiger partial charge in [-0.05, 0) is 11.6 Å². The first-order valence-corrected chi connectivity index (χ1v) is 4.74. The second kappa shape index (κ2) is 3.53. The minimum absolute atomic E-state index is 0.115. The van der Waals surface area contributed by atoms with Gasteiger partial charge in [0.05, 0.1) is 10.4 Å². The lowest BCUT2D eigenvalue weighted by atomic mass is 10.1. The molecule has 0 bridgehead atoms. The van der Waals surface area contributed by atoms with Crippen LogP contribution < -0.4 is 11.4 Å². The Bertz CT molecular complexity index is 649. The van der Waals surface area contributed by atoms with Gasteiger partial charge in [0.2, 0.25) is 0 Å². The van der Waals surface area contributed by atoms with Crippen molar-refractivity contribution in [2.24, 2.45) is 0 Å². The van der Waals surface area contributed by atoms with E-state index >= 15 is 0 Å². The van der Waals surface area contributed by atoms with E-state index in [1.807, 2.05) is 0 Å². The van der Waals surface area contributed by atoms with Crippen LogP contribution in [0.5, 0.6) is 5.75 Å². The highest BCUT2D eigenvalue weighted by atomic mass is 35.5. The van der Waals surface area contributed by atoms with Crippen LogP contribution in [0.2, 0.25) is 5.02 Å². The molecule has 0 aliphatic heterocycles. The normalized spacial score (nSPS) is 10.6. The van der Waals surface area contributed by atoms with Gasteiger partial charge in [-0.1, -0.05) is 24.3 Å². The Balaban J connectivity index is 3.12.